The van der Waals surface area contributed by atoms with E-state index in [4.69, 9.17) is 0 Å². The molecule has 4 rings (SSSR count). The Kier molecular flexibility index (Phi) is 3.70. The van der Waals surface area contributed by atoms with Gasteiger partial charge >= 0.3 is 0 Å². The Labute approximate surface area is 152 Å². The van der Waals surface area contributed by atoms with E-state index in [9.17, 15) is 13.2 Å². The van der Waals surface area contributed by atoms with Gasteiger partial charge in [0.15, 0.2) is 0 Å². The number of rotatable bonds is 2. The van der Waals surface area contributed by atoms with Gasteiger partial charge in [-0.15, -0.1) is 0 Å². The lowest BCUT2D eigenvalue weighted by atomic mass is 10.0. The highest BCUT2D eigenvalue weighted by Crippen LogP contribution is 2.37. The van der Waals surface area contributed by atoms with Gasteiger partial charge in [0.1, 0.15) is 0 Å². The van der Waals surface area contributed by atoms with E-state index in [1.165, 1.54) is 4.31 Å². The largest absolute Gasteiger partial charge is 0.328 e. The van der Waals surface area contributed by atoms with Crippen LogP contribution in [0.1, 0.15) is 22.3 Å². The molecule has 6 heteroatoms. The second-order valence-electron chi connectivity index (χ2n) is 6.89. The Hall–Kier alpha value is -2.60. The van der Waals surface area contributed by atoms with Crippen molar-refractivity contribution in [2.45, 2.75) is 32.1 Å². The molecule has 2 aromatic carbocycles. The molecule has 5 nitrogen and oxygen atoms in total. The minimum atomic E-state index is -3.77. The number of aromatic amines is 1. The number of anilines is 1. The summed E-state index contributed by atoms with van der Waals surface area (Å²) in [6, 6.07) is 8.88. The first-order valence-corrected chi connectivity index (χ1v) is 9.98. The standard InChI is InChI=1S/C20H20N2O3S/c1-12-9-13(2)15-7-8-22(17(15)10-12)26(24,25)18-6-4-5-16-19(18)14(3)11-21-20(16)23/h4-6,9-11H,7-8H2,1-3H3,(H,21,23). The van der Waals surface area contributed by atoms with Crippen LogP contribution >= 0.6 is 0 Å². The zero-order valence-corrected chi connectivity index (χ0v) is 15.8. The Balaban J connectivity index is 1.98. The van der Waals surface area contributed by atoms with E-state index in [0.29, 0.717) is 23.7 Å². The van der Waals surface area contributed by atoms with Crippen LogP contribution in [0, 0.1) is 20.8 Å². The highest BCUT2D eigenvalue weighted by atomic mass is 32.2. The molecular weight excluding hydrogens is 348 g/mol. The number of fused-ring (bicyclic) bond motifs is 2. The molecule has 0 bridgehead atoms. The molecule has 1 aliphatic rings. The normalized spacial score (nSPS) is 14.0. The Morgan fingerprint density at radius 1 is 1.08 bits per heavy atom. The van der Waals surface area contributed by atoms with E-state index >= 15 is 0 Å². The summed E-state index contributed by atoms with van der Waals surface area (Å²) in [6.07, 6.45) is 2.26. The SMILES string of the molecule is Cc1cc(C)c2c(c1)N(S(=O)(=O)c1cccc3c(=O)[nH]cc(C)c13)CC2. The quantitative estimate of drug-likeness (QED) is 0.755. The fraction of sp³-hybridized carbons (Fsp3) is 0.250. The average Bonchev–Trinajstić information content (AvgIpc) is 3.02. The number of pyridine rings is 1. The lowest BCUT2D eigenvalue weighted by Gasteiger charge is -2.21. The Morgan fingerprint density at radius 3 is 2.62 bits per heavy atom. The van der Waals surface area contributed by atoms with Crippen LogP contribution in [0.5, 0.6) is 0 Å². The van der Waals surface area contributed by atoms with Gasteiger partial charge in [0.05, 0.1) is 10.6 Å². The van der Waals surface area contributed by atoms with Crippen molar-refractivity contribution in [1.29, 1.82) is 0 Å². The summed E-state index contributed by atoms with van der Waals surface area (Å²) in [5.74, 6) is 0. The average molecular weight is 368 g/mol. The van der Waals surface area contributed by atoms with E-state index in [1.54, 1.807) is 24.4 Å². The molecule has 0 radical (unpaired) electrons. The number of aryl methyl sites for hydroxylation is 3. The second-order valence-corrected chi connectivity index (χ2v) is 8.72. The maximum atomic E-state index is 13.5. The van der Waals surface area contributed by atoms with Crippen molar-refractivity contribution in [2.75, 3.05) is 10.8 Å². The molecule has 3 aromatic rings. The number of hydrogen-bond acceptors (Lipinski definition) is 3. The second kappa shape index (κ2) is 5.71. The van der Waals surface area contributed by atoms with Crippen molar-refractivity contribution < 1.29 is 8.42 Å². The van der Waals surface area contributed by atoms with Gasteiger partial charge in [-0.1, -0.05) is 12.1 Å². The monoisotopic (exact) mass is 368 g/mol. The van der Waals surface area contributed by atoms with Crippen molar-refractivity contribution in [3.05, 3.63) is 69.1 Å². The summed E-state index contributed by atoms with van der Waals surface area (Å²) >= 11 is 0. The lowest BCUT2D eigenvalue weighted by Crippen LogP contribution is -2.29. The van der Waals surface area contributed by atoms with Crippen LogP contribution < -0.4 is 9.86 Å². The number of hydrogen-bond donors (Lipinski definition) is 1. The molecule has 0 aliphatic carbocycles. The summed E-state index contributed by atoms with van der Waals surface area (Å²) in [4.78, 5) is 15.0. The van der Waals surface area contributed by atoms with E-state index in [0.717, 1.165) is 27.9 Å². The number of H-pyrrole nitrogens is 1. The van der Waals surface area contributed by atoms with Gasteiger partial charge in [-0.05, 0) is 67.6 Å². The summed E-state index contributed by atoms with van der Waals surface area (Å²) in [6.45, 7) is 6.21. The number of nitrogens with zero attached hydrogens (tertiary/aromatic N) is 1. The Bertz CT molecular complexity index is 1210. The molecule has 0 saturated carbocycles. The van der Waals surface area contributed by atoms with Crippen LogP contribution in [0.3, 0.4) is 0 Å². The topological polar surface area (TPSA) is 70.2 Å². The molecule has 0 saturated heterocycles. The predicted molar refractivity (Wildman–Crippen MR) is 103 cm³/mol. The molecule has 0 fully saturated rings. The van der Waals surface area contributed by atoms with Gasteiger partial charge in [-0.3, -0.25) is 9.10 Å². The molecule has 0 amide bonds. The molecule has 1 N–H and O–H groups in total. The van der Waals surface area contributed by atoms with Crippen LogP contribution in [-0.4, -0.2) is 19.9 Å². The van der Waals surface area contributed by atoms with E-state index in [1.807, 2.05) is 26.8 Å². The first kappa shape index (κ1) is 16.8. The maximum Gasteiger partial charge on any atom is 0.264 e. The molecule has 26 heavy (non-hydrogen) atoms. The molecule has 134 valence electrons. The number of nitrogens with one attached hydrogen (secondary N) is 1. The van der Waals surface area contributed by atoms with Gasteiger partial charge in [0.25, 0.3) is 15.6 Å². The summed E-state index contributed by atoms with van der Waals surface area (Å²) in [5.41, 5.74) is 4.43. The summed E-state index contributed by atoms with van der Waals surface area (Å²) < 4.78 is 28.5. The highest BCUT2D eigenvalue weighted by molar-refractivity contribution is 7.93. The van der Waals surface area contributed by atoms with Crippen LogP contribution in [-0.2, 0) is 16.4 Å². The van der Waals surface area contributed by atoms with E-state index in [-0.39, 0.29) is 10.5 Å². The minimum Gasteiger partial charge on any atom is -0.328 e. The first-order valence-electron chi connectivity index (χ1n) is 8.54. The van der Waals surface area contributed by atoms with Crippen LogP contribution in [0.4, 0.5) is 5.69 Å². The van der Waals surface area contributed by atoms with Crippen molar-refractivity contribution in [2.24, 2.45) is 0 Å². The third-order valence-electron chi connectivity index (χ3n) is 5.08. The smallest absolute Gasteiger partial charge is 0.264 e. The number of benzene rings is 2. The van der Waals surface area contributed by atoms with Gasteiger partial charge in [-0.2, -0.15) is 0 Å². The fourth-order valence-electron chi connectivity index (χ4n) is 3.89. The van der Waals surface area contributed by atoms with E-state index in [2.05, 4.69) is 11.1 Å². The molecule has 1 aliphatic heterocycles. The molecule has 2 heterocycles. The molecular formula is C20H20N2O3S. The van der Waals surface area contributed by atoms with E-state index < -0.39 is 10.0 Å². The van der Waals surface area contributed by atoms with Gasteiger partial charge in [0.2, 0.25) is 0 Å². The highest BCUT2D eigenvalue weighted by Gasteiger charge is 2.33. The third-order valence-corrected chi connectivity index (χ3v) is 6.94. The maximum absolute atomic E-state index is 13.5. The van der Waals surface area contributed by atoms with Gasteiger partial charge < -0.3 is 4.98 Å². The van der Waals surface area contributed by atoms with Crippen molar-refractivity contribution in [3.8, 4) is 0 Å². The van der Waals surface area contributed by atoms with Crippen molar-refractivity contribution in [1.82, 2.24) is 4.98 Å². The molecule has 0 unspecified atom stereocenters. The molecule has 0 atom stereocenters. The molecule has 0 spiro atoms. The summed E-state index contributed by atoms with van der Waals surface area (Å²) in [5, 5.41) is 0.889. The number of aromatic nitrogens is 1. The molecule has 1 aromatic heterocycles. The summed E-state index contributed by atoms with van der Waals surface area (Å²) in [7, 11) is -3.77. The first-order chi connectivity index (χ1) is 12.3. The Morgan fingerprint density at radius 2 is 1.85 bits per heavy atom. The predicted octanol–water partition coefficient (Wildman–Crippen LogP) is 3.20. The van der Waals surface area contributed by atoms with Crippen molar-refractivity contribution >= 4 is 26.5 Å². The zero-order valence-electron chi connectivity index (χ0n) is 15.0. The fourth-order valence-corrected chi connectivity index (χ4v) is 5.66. The number of sulfonamides is 1. The van der Waals surface area contributed by atoms with Gasteiger partial charge in [0, 0.05) is 23.5 Å². The van der Waals surface area contributed by atoms with Crippen LogP contribution in [0.15, 0.2) is 46.2 Å². The minimum absolute atomic E-state index is 0.186. The zero-order chi connectivity index (χ0) is 18.6. The van der Waals surface area contributed by atoms with Crippen LogP contribution in [0.2, 0.25) is 0 Å². The third kappa shape index (κ3) is 2.36. The van der Waals surface area contributed by atoms with Crippen LogP contribution in [0.25, 0.3) is 10.8 Å². The lowest BCUT2D eigenvalue weighted by molar-refractivity contribution is 0.593. The van der Waals surface area contributed by atoms with Crippen molar-refractivity contribution in [3.63, 3.8) is 0 Å². The van der Waals surface area contributed by atoms with Gasteiger partial charge in [-0.25, -0.2) is 8.42 Å².